The van der Waals surface area contributed by atoms with Crippen molar-refractivity contribution in [3.63, 3.8) is 0 Å². The van der Waals surface area contributed by atoms with Gasteiger partial charge in [0.05, 0.1) is 23.6 Å². The number of nitriles is 2. The molecule has 74 valence electrons. The first kappa shape index (κ1) is 10.9. The van der Waals surface area contributed by atoms with Crippen LogP contribution in [0.5, 0.6) is 0 Å². The molecular formula is C12H10N2O. The minimum atomic E-state index is -0.407. The minimum absolute atomic E-state index is 0.00842. The summed E-state index contributed by atoms with van der Waals surface area (Å²) >= 11 is 0. The Morgan fingerprint density at radius 1 is 1.33 bits per heavy atom. The highest BCUT2D eigenvalue weighted by atomic mass is 16.1. The predicted octanol–water partition coefficient (Wildman–Crippen LogP) is 2.14. The maximum atomic E-state index is 10.9. The van der Waals surface area contributed by atoms with Gasteiger partial charge in [0, 0.05) is 6.42 Å². The molecule has 0 N–H and O–H groups in total. The van der Waals surface area contributed by atoms with E-state index in [1.54, 1.807) is 24.3 Å². The van der Waals surface area contributed by atoms with Crippen molar-refractivity contribution in [3.05, 3.63) is 35.4 Å². The maximum Gasteiger partial charge on any atom is 0.131 e. The van der Waals surface area contributed by atoms with E-state index in [4.69, 9.17) is 10.5 Å². The molecule has 1 atom stereocenters. The highest BCUT2D eigenvalue weighted by molar-refractivity contribution is 5.77. The van der Waals surface area contributed by atoms with E-state index in [1.165, 1.54) is 6.92 Å². The predicted molar refractivity (Wildman–Crippen MR) is 54.8 cm³/mol. The van der Waals surface area contributed by atoms with Crippen molar-refractivity contribution in [2.45, 2.75) is 19.3 Å². The molecule has 0 saturated heterocycles. The summed E-state index contributed by atoms with van der Waals surface area (Å²) in [5, 5.41) is 17.5. The summed E-state index contributed by atoms with van der Waals surface area (Å²) in [7, 11) is 0. The van der Waals surface area contributed by atoms with Crippen molar-refractivity contribution < 1.29 is 4.79 Å². The van der Waals surface area contributed by atoms with Gasteiger partial charge in [-0.3, -0.25) is 4.79 Å². The number of benzene rings is 1. The zero-order chi connectivity index (χ0) is 11.3. The lowest BCUT2D eigenvalue weighted by Gasteiger charge is -2.06. The van der Waals surface area contributed by atoms with Gasteiger partial charge >= 0.3 is 0 Å². The Balaban J connectivity index is 2.90. The lowest BCUT2D eigenvalue weighted by atomic mass is 9.95. The van der Waals surface area contributed by atoms with Crippen LogP contribution in [0.1, 0.15) is 30.4 Å². The first-order chi connectivity index (χ1) is 7.17. The molecule has 0 aromatic heterocycles. The molecular weight excluding hydrogens is 188 g/mol. The topological polar surface area (TPSA) is 64.7 Å². The van der Waals surface area contributed by atoms with Crippen molar-refractivity contribution in [2.24, 2.45) is 0 Å². The molecule has 0 aliphatic heterocycles. The van der Waals surface area contributed by atoms with E-state index in [9.17, 15) is 4.79 Å². The second-order valence-corrected chi connectivity index (χ2v) is 3.32. The Hall–Kier alpha value is -2.13. The summed E-state index contributed by atoms with van der Waals surface area (Å²) in [6.07, 6.45) is 0.225. The Kier molecular flexibility index (Phi) is 3.60. The first-order valence-corrected chi connectivity index (χ1v) is 4.56. The van der Waals surface area contributed by atoms with Crippen LogP contribution >= 0.6 is 0 Å². The Morgan fingerprint density at radius 3 is 2.33 bits per heavy atom. The Bertz CT molecular complexity index is 434. The monoisotopic (exact) mass is 198 g/mol. The van der Waals surface area contributed by atoms with Crippen LogP contribution in [0.15, 0.2) is 24.3 Å². The molecule has 1 rings (SSSR count). The number of hydrogen-bond acceptors (Lipinski definition) is 3. The molecule has 15 heavy (non-hydrogen) atoms. The molecule has 0 bridgehead atoms. The molecule has 3 nitrogen and oxygen atoms in total. The van der Waals surface area contributed by atoms with Crippen LogP contribution < -0.4 is 0 Å². The smallest absolute Gasteiger partial charge is 0.131 e. The minimum Gasteiger partial charge on any atom is -0.300 e. The molecule has 0 spiro atoms. The van der Waals surface area contributed by atoms with Crippen LogP contribution in [-0.2, 0) is 4.79 Å². The summed E-state index contributed by atoms with van der Waals surface area (Å²) in [4.78, 5) is 10.9. The number of carbonyl (C=O) groups is 1. The fraction of sp³-hybridized carbons (Fsp3) is 0.250. The summed E-state index contributed by atoms with van der Waals surface area (Å²) in [5.74, 6) is -0.416. The van der Waals surface area contributed by atoms with Crippen LogP contribution in [0.4, 0.5) is 0 Å². The van der Waals surface area contributed by atoms with Crippen molar-refractivity contribution in [1.29, 1.82) is 10.5 Å². The Morgan fingerprint density at radius 2 is 1.93 bits per heavy atom. The van der Waals surface area contributed by atoms with Crippen LogP contribution in [0, 0.1) is 22.7 Å². The molecule has 0 saturated carbocycles. The van der Waals surface area contributed by atoms with Gasteiger partial charge in [0.1, 0.15) is 5.78 Å². The third kappa shape index (κ3) is 2.93. The van der Waals surface area contributed by atoms with Gasteiger partial charge in [0.25, 0.3) is 0 Å². The molecule has 0 aliphatic rings. The second kappa shape index (κ2) is 4.93. The molecule has 0 aliphatic carbocycles. The highest BCUT2D eigenvalue weighted by Gasteiger charge is 2.12. The fourth-order valence-corrected chi connectivity index (χ4v) is 1.32. The third-order valence-electron chi connectivity index (χ3n) is 2.09. The van der Waals surface area contributed by atoms with Crippen molar-refractivity contribution >= 4 is 5.78 Å². The number of ketones is 1. The van der Waals surface area contributed by atoms with Crippen molar-refractivity contribution in [3.8, 4) is 12.1 Å². The van der Waals surface area contributed by atoms with Gasteiger partial charge in [0.15, 0.2) is 0 Å². The highest BCUT2D eigenvalue weighted by Crippen LogP contribution is 2.19. The van der Waals surface area contributed by atoms with Crippen LogP contribution in [-0.4, -0.2) is 5.78 Å². The second-order valence-electron chi connectivity index (χ2n) is 3.32. The summed E-state index contributed by atoms with van der Waals surface area (Å²) in [6, 6.07) is 10.8. The number of carbonyl (C=O) groups excluding carboxylic acids is 1. The van der Waals surface area contributed by atoms with Gasteiger partial charge in [-0.25, -0.2) is 0 Å². The SMILES string of the molecule is CC(=O)CC(C#N)c1ccc(C#N)cc1. The average Bonchev–Trinajstić information content (AvgIpc) is 2.26. The largest absolute Gasteiger partial charge is 0.300 e. The van der Waals surface area contributed by atoms with Gasteiger partial charge in [-0.05, 0) is 24.6 Å². The van der Waals surface area contributed by atoms with Crippen molar-refractivity contribution in [1.82, 2.24) is 0 Å². The van der Waals surface area contributed by atoms with Crippen molar-refractivity contribution in [2.75, 3.05) is 0 Å². The summed E-state index contributed by atoms with van der Waals surface area (Å²) in [5.41, 5.74) is 1.34. The molecule has 1 unspecified atom stereocenters. The van der Waals surface area contributed by atoms with E-state index in [0.29, 0.717) is 5.56 Å². The Labute approximate surface area is 88.6 Å². The van der Waals surface area contributed by atoms with E-state index in [2.05, 4.69) is 6.07 Å². The molecule has 0 amide bonds. The normalized spacial score (nSPS) is 11.1. The van der Waals surface area contributed by atoms with Gasteiger partial charge in [-0.2, -0.15) is 10.5 Å². The number of Topliss-reactive ketones (excluding diaryl/α,β-unsaturated/α-hetero) is 1. The van der Waals surface area contributed by atoms with Crippen LogP contribution in [0.25, 0.3) is 0 Å². The van der Waals surface area contributed by atoms with Gasteiger partial charge in [-0.15, -0.1) is 0 Å². The standard InChI is InChI=1S/C12H10N2O/c1-9(15)6-12(8-14)11-4-2-10(7-13)3-5-11/h2-5,12H,6H2,1H3. The zero-order valence-electron chi connectivity index (χ0n) is 8.40. The van der Waals surface area contributed by atoms with E-state index in [0.717, 1.165) is 5.56 Å². The first-order valence-electron chi connectivity index (χ1n) is 4.56. The maximum absolute atomic E-state index is 10.9. The van der Waals surface area contributed by atoms with Gasteiger partial charge < -0.3 is 0 Å². The lowest BCUT2D eigenvalue weighted by Crippen LogP contribution is -2.01. The number of rotatable bonds is 3. The molecule has 0 heterocycles. The zero-order valence-corrected chi connectivity index (χ0v) is 8.40. The molecule has 1 aromatic carbocycles. The van der Waals surface area contributed by atoms with Crippen LogP contribution in [0.3, 0.4) is 0 Å². The van der Waals surface area contributed by atoms with Crippen LogP contribution in [0.2, 0.25) is 0 Å². The third-order valence-corrected chi connectivity index (χ3v) is 2.09. The summed E-state index contributed by atoms with van der Waals surface area (Å²) < 4.78 is 0. The number of hydrogen-bond donors (Lipinski definition) is 0. The molecule has 0 fully saturated rings. The van der Waals surface area contributed by atoms with E-state index < -0.39 is 5.92 Å². The quantitative estimate of drug-likeness (QED) is 0.747. The lowest BCUT2D eigenvalue weighted by molar-refractivity contribution is -0.117. The van der Waals surface area contributed by atoms with E-state index in [-0.39, 0.29) is 12.2 Å². The average molecular weight is 198 g/mol. The van der Waals surface area contributed by atoms with E-state index >= 15 is 0 Å². The molecule has 0 radical (unpaired) electrons. The van der Waals surface area contributed by atoms with E-state index in [1.807, 2.05) is 6.07 Å². The van der Waals surface area contributed by atoms with Gasteiger partial charge in [-0.1, -0.05) is 12.1 Å². The summed E-state index contributed by atoms with van der Waals surface area (Å²) in [6.45, 7) is 1.47. The molecule has 3 heteroatoms. The fourth-order valence-electron chi connectivity index (χ4n) is 1.32. The van der Waals surface area contributed by atoms with Gasteiger partial charge in [0.2, 0.25) is 0 Å². The molecule has 1 aromatic rings. The number of nitrogens with zero attached hydrogens (tertiary/aromatic N) is 2.